The van der Waals surface area contributed by atoms with E-state index in [1.54, 1.807) is 24.3 Å². The smallest absolute Gasteiger partial charge is 0.234 e. The lowest BCUT2D eigenvalue weighted by Crippen LogP contribution is -1.98. The van der Waals surface area contributed by atoms with E-state index in [0.29, 0.717) is 10.8 Å². The summed E-state index contributed by atoms with van der Waals surface area (Å²) in [6, 6.07) is 6.94. The third kappa shape index (κ3) is 3.71. The first-order chi connectivity index (χ1) is 9.15. The molecule has 0 fully saturated rings. The van der Waals surface area contributed by atoms with Gasteiger partial charge in [-0.15, -0.1) is 15.0 Å². The fourth-order valence-corrected chi connectivity index (χ4v) is 1.36. The zero-order valence-electron chi connectivity index (χ0n) is 9.55. The summed E-state index contributed by atoms with van der Waals surface area (Å²) in [5.41, 5.74) is 0.720. The van der Waals surface area contributed by atoms with Gasteiger partial charge < -0.3 is 0 Å². The third-order valence-corrected chi connectivity index (χ3v) is 2.30. The van der Waals surface area contributed by atoms with Crippen molar-refractivity contribution in [3.8, 4) is 5.69 Å². The summed E-state index contributed by atoms with van der Waals surface area (Å²) in [4.78, 5) is 10.8. The summed E-state index contributed by atoms with van der Waals surface area (Å²) in [7, 11) is 0. The van der Waals surface area contributed by atoms with Crippen molar-refractivity contribution in [1.29, 1.82) is 0 Å². The second kappa shape index (κ2) is 5.87. The number of rotatable bonds is 4. The van der Waals surface area contributed by atoms with Crippen LogP contribution in [0.2, 0.25) is 5.02 Å². The monoisotopic (exact) mass is 277 g/mol. The number of benzene rings is 1. The Hall–Kier alpha value is -2.54. The summed E-state index contributed by atoms with van der Waals surface area (Å²) in [6.45, 7) is 0. The molecule has 1 aromatic carbocycles. The minimum atomic E-state index is -0.553. The van der Waals surface area contributed by atoms with Gasteiger partial charge in [-0.1, -0.05) is 17.7 Å². The van der Waals surface area contributed by atoms with Crippen LogP contribution in [-0.4, -0.2) is 25.1 Å². The number of aromatic nitrogens is 4. The van der Waals surface area contributed by atoms with E-state index in [2.05, 4.69) is 15.4 Å². The largest absolute Gasteiger partial charge is 0.259 e. The zero-order valence-corrected chi connectivity index (χ0v) is 10.3. The van der Waals surface area contributed by atoms with Crippen LogP contribution in [0.5, 0.6) is 0 Å². The topological polar surface area (TPSA) is 86.7 Å². The molecule has 0 unspecified atom stereocenters. The highest BCUT2D eigenvalue weighted by Gasteiger charge is 2.01. The second-order valence-corrected chi connectivity index (χ2v) is 3.84. The number of halogens is 1. The van der Waals surface area contributed by atoms with Crippen molar-refractivity contribution >= 4 is 17.7 Å². The highest BCUT2D eigenvalue weighted by atomic mass is 35.5. The van der Waals surface area contributed by atoms with Crippen molar-refractivity contribution in [1.82, 2.24) is 20.2 Å². The number of allylic oxidation sites excluding steroid dienone is 2. The van der Waals surface area contributed by atoms with Gasteiger partial charge in [0.15, 0.2) is 5.82 Å². The molecule has 0 atom stereocenters. The molecule has 0 amide bonds. The van der Waals surface area contributed by atoms with Gasteiger partial charge in [0.1, 0.15) is 0 Å². The molecule has 19 heavy (non-hydrogen) atoms. The Morgan fingerprint density at radius 2 is 2.00 bits per heavy atom. The van der Waals surface area contributed by atoms with Crippen LogP contribution < -0.4 is 0 Å². The van der Waals surface area contributed by atoms with Crippen molar-refractivity contribution in [2.45, 2.75) is 0 Å². The molecule has 0 N–H and O–H groups in total. The summed E-state index contributed by atoms with van der Waals surface area (Å²) in [6.07, 6.45) is 5.08. The molecule has 0 aliphatic carbocycles. The zero-order chi connectivity index (χ0) is 13.7. The first kappa shape index (κ1) is 12.9. The Labute approximate surface area is 113 Å². The maximum Gasteiger partial charge on any atom is 0.234 e. The van der Waals surface area contributed by atoms with E-state index in [4.69, 9.17) is 11.6 Å². The second-order valence-electron chi connectivity index (χ2n) is 3.40. The van der Waals surface area contributed by atoms with Gasteiger partial charge in [0.25, 0.3) is 0 Å². The van der Waals surface area contributed by atoms with Crippen molar-refractivity contribution < 1.29 is 4.92 Å². The molecule has 0 bridgehead atoms. The summed E-state index contributed by atoms with van der Waals surface area (Å²) >= 11 is 5.77. The number of hydrogen-bond donors (Lipinski definition) is 0. The lowest BCUT2D eigenvalue weighted by Gasteiger charge is -1.96. The molecule has 0 aliphatic heterocycles. The molecule has 1 heterocycles. The van der Waals surface area contributed by atoms with E-state index in [1.165, 1.54) is 23.0 Å². The molecular weight excluding hydrogens is 270 g/mol. The number of tetrazole rings is 1. The third-order valence-electron chi connectivity index (χ3n) is 2.05. The minimum absolute atomic E-state index is 0.350. The van der Waals surface area contributed by atoms with Crippen LogP contribution in [0, 0.1) is 10.1 Å². The summed E-state index contributed by atoms with van der Waals surface area (Å²) in [5, 5.41) is 22.4. The van der Waals surface area contributed by atoms with E-state index < -0.39 is 4.92 Å². The maximum atomic E-state index is 10.1. The Bertz CT molecular complexity index is 633. The lowest BCUT2D eigenvalue weighted by molar-refractivity contribution is -0.402. The molecule has 8 heteroatoms. The number of nitro groups is 1. The standard InChI is InChI=1S/C11H8ClN5O2/c12-9-4-6-10(7-5-9)17-14-11(13-15-17)3-1-2-8-16(18)19/h1-8H. The molecule has 0 radical (unpaired) electrons. The van der Waals surface area contributed by atoms with Crippen LogP contribution in [0.4, 0.5) is 0 Å². The molecule has 2 aromatic rings. The van der Waals surface area contributed by atoms with Crippen LogP contribution in [0.1, 0.15) is 5.82 Å². The van der Waals surface area contributed by atoms with Gasteiger partial charge in [0, 0.05) is 11.1 Å². The first-order valence-electron chi connectivity index (χ1n) is 5.19. The van der Waals surface area contributed by atoms with Gasteiger partial charge in [-0.25, -0.2) is 0 Å². The van der Waals surface area contributed by atoms with Crippen molar-refractivity contribution in [3.05, 3.63) is 63.6 Å². The average molecular weight is 278 g/mol. The molecule has 96 valence electrons. The van der Waals surface area contributed by atoms with Gasteiger partial charge in [-0.3, -0.25) is 10.1 Å². The Morgan fingerprint density at radius 3 is 2.68 bits per heavy atom. The van der Waals surface area contributed by atoms with Crippen molar-refractivity contribution in [2.24, 2.45) is 0 Å². The van der Waals surface area contributed by atoms with Gasteiger partial charge in [0.2, 0.25) is 6.20 Å². The molecule has 2 rings (SSSR count). The van der Waals surface area contributed by atoms with E-state index in [1.807, 2.05) is 0 Å². The number of nitrogens with zero attached hydrogens (tertiary/aromatic N) is 5. The lowest BCUT2D eigenvalue weighted by atomic mass is 10.3. The predicted octanol–water partition coefficient (Wildman–Crippen LogP) is 2.12. The molecule has 0 aliphatic rings. The normalized spacial score (nSPS) is 11.4. The quantitative estimate of drug-likeness (QED) is 0.485. The van der Waals surface area contributed by atoms with Crippen molar-refractivity contribution in [2.75, 3.05) is 0 Å². The Balaban J connectivity index is 2.11. The highest BCUT2D eigenvalue weighted by Crippen LogP contribution is 2.11. The van der Waals surface area contributed by atoms with E-state index >= 15 is 0 Å². The van der Waals surface area contributed by atoms with Gasteiger partial charge in [-0.2, -0.15) is 0 Å². The Morgan fingerprint density at radius 1 is 1.26 bits per heavy atom. The molecule has 1 aromatic heterocycles. The molecule has 7 nitrogen and oxygen atoms in total. The fourth-order valence-electron chi connectivity index (χ4n) is 1.24. The van der Waals surface area contributed by atoms with E-state index in [0.717, 1.165) is 11.9 Å². The molecule has 0 saturated carbocycles. The Kier molecular flexibility index (Phi) is 3.99. The van der Waals surface area contributed by atoms with E-state index in [9.17, 15) is 10.1 Å². The SMILES string of the molecule is O=[N+]([O-])C=CC=Cc1nnn(-c2ccc(Cl)cc2)n1. The minimum Gasteiger partial charge on any atom is -0.259 e. The van der Waals surface area contributed by atoms with Crippen LogP contribution in [0.3, 0.4) is 0 Å². The van der Waals surface area contributed by atoms with Gasteiger partial charge in [0.05, 0.1) is 10.6 Å². The van der Waals surface area contributed by atoms with Gasteiger partial charge >= 0.3 is 0 Å². The first-order valence-corrected chi connectivity index (χ1v) is 5.57. The van der Waals surface area contributed by atoms with Crippen molar-refractivity contribution in [3.63, 3.8) is 0 Å². The van der Waals surface area contributed by atoms with Crippen LogP contribution in [0.25, 0.3) is 11.8 Å². The fraction of sp³-hybridized carbons (Fsp3) is 0. The predicted molar refractivity (Wildman–Crippen MR) is 69.3 cm³/mol. The number of hydrogen-bond acceptors (Lipinski definition) is 5. The average Bonchev–Trinajstić information content (AvgIpc) is 2.84. The summed E-state index contributed by atoms with van der Waals surface area (Å²) < 4.78 is 0. The highest BCUT2D eigenvalue weighted by molar-refractivity contribution is 6.30. The van der Waals surface area contributed by atoms with Crippen LogP contribution in [0.15, 0.2) is 42.6 Å². The summed E-state index contributed by atoms with van der Waals surface area (Å²) in [5.74, 6) is 0.350. The van der Waals surface area contributed by atoms with Gasteiger partial charge in [-0.05, 0) is 35.6 Å². The molecular formula is C11H8ClN5O2. The van der Waals surface area contributed by atoms with Crippen LogP contribution in [-0.2, 0) is 0 Å². The molecule has 0 saturated heterocycles. The van der Waals surface area contributed by atoms with Crippen LogP contribution >= 0.6 is 11.6 Å². The molecule has 0 spiro atoms. The maximum absolute atomic E-state index is 10.1. The van der Waals surface area contributed by atoms with E-state index in [-0.39, 0.29) is 0 Å².